The number of nitrogens with one attached hydrogen (secondary N) is 2. The standard InChI is InChI=1S/C15H19N5O2/c1-11(2)15(22)17-13-9-20(19-18-13)10-14(21)16-8-12-6-4-3-5-7-12/h3-7,9,11H,8,10H2,1-2H3,(H,16,21)(H,17,22). The van der Waals surface area contributed by atoms with Crippen molar-refractivity contribution in [2.75, 3.05) is 5.32 Å². The van der Waals surface area contributed by atoms with Crippen LogP contribution in [-0.2, 0) is 22.7 Å². The first-order valence-corrected chi connectivity index (χ1v) is 7.06. The van der Waals surface area contributed by atoms with Gasteiger partial charge in [0.25, 0.3) is 0 Å². The van der Waals surface area contributed by atoms with Crippen LogP contribution in [0.15, 0.2) is 36.5 Å². The van der Waals surface area contributed by atoms with Crippen LogP contribution in [0.3, 0.4) is 0 Å². The summed E-state index contributed by atoms with van der Waals surface area (Å²) in [7, 11) is 0. The van der Waals surface area contributed by atoms with Gasteiger partial charge in [0, 0.05) is 12.5 Å². The largest absolute Gasteiger partial charge is 0.350 e. The number of aromatic nitrogens is 3. The third-order valence-electron chi connectivity index (χ3n) is 2.95. The smallest absolute Gasteiger partial charge is 0.242 e. The van der Waals surface area contributed by atoms with E-state index < -0.39 is 0 Å². The maximum Gasteiger partial charge on any atom is 0.242 e. The highest BCUT2D eigenvalue weighted by Gasteiger charge is 2.10. The fraction of sp³-hybridized carbons (Fsp3) is 0.333. The lowest BCUT2D eigenvalue weighted by Gasteiger charge is -2.05. The Hall–Kier alpha value is -2.70. The summed E-state index contributed by atoms with van der Waals surface area (Å²) in [6.07, 6.45) is 1.53. The van der Waals surface area contributed by atoms with Gasteiger partial charge in [0.05, 0.1) is 6.20 Å². The second-order valence-corrected chi connectivity index (χ2v) is 5.21. The number of anilines is 1. The number of benzene rings is 1. The normalized spacial score (nSPS) is 10.5. The van der Waals surface area contributed by atoms with Crippen molar-refractivity contribution in [1.82, 2.24) is 20.3 Å². The molecule has 1 aromatic heterocycles. The predicted molar refractivity (Wildman–Crippen MR) is 81.8 cm³/mol. The molecule has 0 radical (unpaired) electrons. The Kier molecular flexibility index (Phi) is 5.24. The van der Waals surface area contributed by atoms with Crippen LogP contribution in [0, 0.1) is 5.92 Å². The molecule has 0 fully saturated rings. The van der Waals surface area contributed by atoms with Crippen LogP contribution < -0.4 is 10.6 Å². The van der Waals surface area contributed by atoms with Crippen LogP contribution in [-0.4, -0.2) is 26.8 Å². The van der Waals surface area contributed by atoms with Crippen molar-refractivity contribution in [1.29, 1.82) is 0 Å². The van der Waals surface area contributed by atoms with E-state index in [1.54, 1.807) is 13.8 Å². The van der Waals surface area contributed by atoms with Gasteiger partial charge in [0.1, 0.15) is 6.54 Å². The van der Waals surface area contributed by atoms with Gasteiger partial charge in [-0.15, -0.1) is 5.10 Å². The lowest BCUT2D eigenvalue weighted by atomic mass is 10.2. The zero-order valence-electron chi connectivity index (χ0n) is 12.6. The Morgan fingerprint density at radius 1 is 1.23 bits per heavy atom. The Labute approximate surface area is 128 Å². The van der Waals surface area contributed by atoms with E-state index in [1.165, 1.54) is 10.9 Å². The molecular weight excluding hydrogens is 282 g/mol. The average molecular weight is 301 g/mol. The zero-order valence-corrected chi connectivity index (χ0v) is 12.6. The van der Waals surface area contributed by atoms with Gasteiger partial charge in [-0.1, -0.05) is 49.4 Å². The quantitative estimate of drug-likeness (QED) is 0.838. The van der Waals surface area contributed by atoms with Crippen molar-refractivity contribution in [2.45, 2.75) is 26.9 Å². The molecule has 0 unspecified atom stereocenters. The molecule has 0 aliphatic heterocycles. The van der Waals surface area contributed by atoms with Gasteiger partial charge in [0.2, 0.25) is 11.8 Å². The number of rotatable bonds is 6. The predicted octanol–water partition coefficient (Wildman–Crippen LogP) is 1.19. The molecule has 0 spiro atoms. The van der Waals surface area contributed by atoms with E-state index >= 15 is 0 Å². The van der Waals surface area contributed by atoms with E-state index in [9.17, 15) is 9.59 Å². The molecule has 1 aromatic carbocycles. The van der Waals surface area contributed by atoms with E-state index in [2.05, 4.69) is 20.9 Å². The summed E-state index contributed by atoms with van der Waals surface area (Å²) in [4.78, 5) is 23.4. The van der Waals surface area contributed by atoms with Crippen LogP contribution in [0.2, 0.25) is 0 Å². The molecule has 2 rings (SSSR count). The average Bonchev–Trinajstić information content (AvgIpc) is 2.93. The van der Waals surface area contributed by atoms with Crippen LogP contribution >= 0.6 is 0 Å². The number of amides is 2. The van der Waals surface area contributed by atoms with Crippen molar-refractivity contribution < 1.29 is 9.59 Å². The summed E-state index contributed by atoms with van der Waals surface area (Å²) in [6, 6.07) is 9.64. The molecule has 116 valence electrons. The van der Waals surface area contributed by atoms with Crippen LogP contribution in [0.25, 0.3) is 0 Å². The molecule has 7 heteroatoms. The summed E-state index contributed by atoms with van der Waals surface area (Å²) in [5.74, 6) is -0.107. The number of carbonyl (C=O) groups is 2. The van der Waals surface area contributed by atoms with E-state index in [-0.39, 0.29) is 24.3 Å². The van der Waals surface area contributed by atoms with Crippen molar-refractivity contribution in [2.24, 2.45) is 5.92 Å². The number of hydrogen-bond donors (Lipinski definition) is 2. The zero-order chi connectivity index (χ0) is 15.9. The van der Waals surface area contributed by atoms with Gasteiger partial charge in [-0.05, 0) is 5.56 Å². The van der Waals surface area contributed by atoms with Crippen molar-refractivity contribution in [3.63, 3.8) is 0 Å². The van der Waals surface area contributed by atoms with Gasteiger partial charge < -0.3 is 10.6 Å². The molecule has 0 aliphatic carbocycles. The van der Waals surface area contributed by atoms with Crippen molar-refractivity contribution in [3.05, 3.63) is 42.1 Å². The molecule has 22 heavy (non-hydrogen) atoms. The third kappa shape index (κ3) is 4.69. The summed E-state index contributed by atoms with van der Waals surface area (Å²) < 4.78 is 1.39. The number of hydrogen-bond acceptors (Lipinski definition) is 4. The summed E-state index contributed by atoms with van der Waals surface area (Å²) in [6.45, 7) is 4.09. The molecule has 1 heterocycles. The second kappa shape index (κ2) is 7.35. The molecule has 0 saturated carbocycles. The van der Waals surface area contributed by atoms with Crippen LogP contribution in [0.5, 0.6) is 0 Å². The topological polar surface area (TPSA) is 88.9 Å². The van der Waals surface area contributed by atoms with Crippen molar-refractivity contribution in [3.8, 4) is 0 Å². The van der Waals surface area contributed by atoms with Crippen LogP contribution in [0.1, 0.15) is 19.4 Å². The highest BCUT2D eigenvalue weighted by atomic mass is 16.2. The van der Waals surface area contributed by atoms with Gasteiger partial charge in [-0.3, -0.25) is 9.59 Å². The Morgan fingerprint density at radius 2 is 1.95 bits per heavy atom. The molecule has 2 N–H and O–H groups in total. The fourth-order valence-electron chi connectivity index (χ4n) is 1.70. The molecule has 0 bridgehead atoms. The number of nitrogens with zero attached hydrogens (tertiary/aromatic N) is 3. The van der Waals surface area contributed by atoms with E-state index in [4.69, 9.17) is 0 Å². The molecular formula is C15H19N5O2. The Balaban J connectivity index is 1.82. The van der Waals surface area contributed by atoms with Gasteiger partial charge >= 0.3 is 0 Å². The molecule has 7 nitrogen and oxygen atoms in total. The fourth-order valence-corrected chi connectivity index (χ4v) is 1.70. The van der Waals surface area contributed by atoms with Crippen LogP contribution in [0.4, 0.5) is 5.82 Å². The minimum Gasteiger partial charge on any atom is -0.350 e. The number of carbonyl (C=O) groups excluding carboxylic acids is 2. The van der Waals surface area contributed by atoms with Gasteiger partial charge in [0.15, 0.2) is 5.82 Å². The minimum atomic E-state index is -0.171. The minimum absolute atomic E-state index is 0.0530. The SMILES string of the molecule is CC(C)C(=O)Nc1cn(CC(=O)NCc2ccccc2)nn1. The summed E-state index contributed by atoms with van der Waals surface area (Å²) >= 11 is 0. The lowest BCUT2D eigenvalue weighted by Crippen LogP contribution is -2.27. The van der Waals surface area contributed by atoms with E-state index in [0.717, 1.165) is 5.56 Å². The maximum absolute atomic E-state index is 11.8. The Bertz CT molecular complexity index is 636. The lowest BCUT2D eigenvalue weighted by molar-refractivity contribution is -0.122. The summed E-state index contributed by atoms with van der Waals surface area (Å²) in [5.41, 5.74) is 1.03. The molecule has 2 aromatic rings. The molecule has 0 atom stereocenters. The second-order valence-electron chi connectivity index (χ2n) is 5.21. The molecule has 0 aliphatic rings. The first-order chi connectivity index (χ1) is 10.5. The Morgan fingerprint density at radius 3 is 2.64 bits per heavy atom. The third-order valence-corrected chi connectivity index (χ3v) is 2.95. The first kappa shape index (κ1) is 15.7. The molecule has 0 saturated heterocycles. The molecule has 2 amide bonds. The van der Waals surface area contributed by atoms with E-state index in [0.29, 0.717) is 12.4 Å². The monoisotopic (exact) mass is 301 g/mol. The van der Waals surface area contributed by atoms with Crippen molar-refractivity contribution >= 4 is 17.6 Å². The van der Waals surface area contributed by atoms with E-state index in [1.807, 2.05) is 30.3 Å². The highest BCUT2D eigenvalue weighted by molar-refractivity contribution is 5.90. The first-order valence-electron chi connectivity index (χ1n) is 7.06. The van der Waals surface area contributed by atoms with Gasteiger partial charge in [-0.2, -0.15) is 0 Å². The maximum atomic E-state index is 11.8. The highest BCUT2D eigenvalue weighted by Crippen LogP contribution is 2.03. The summed E-state index contributed by atoms with van der Waals surface area (Å²) in [5, 5.41) is 13.1. The van der Waals surface area contributed by atoms with Gasteiger partial charge in [-0.25, -0.2) is 4.68 Å².